The molecule has 126 valence electrons. The molecule has 0 spiro atoms. The second-order valence-corrected chi connectivity index (χ2v) is 6.58. The van der Waals surface area contributed by atoms with Crippen molar-refractivity contribution in [1.82, 2.24) is 9.88 Å². The molecule has 1 aromatic carbocycles. The van der Waals surface area contributed by atoms with Gasteiger partial charge in [0.1, 0.15) is 11.4 Å². The van der Waals surface area contributed by atoms with Crippen LogP contribution in [-0.4, -0.2) is 48.1 Å². The summed E-state index contributed by atoms with van der Waals surface area (Å²) in [5, 5.41) is 0. The Kier molecular flexibility index (Phi) is 4.42. The van der Waals surface area contributed by atoms with E-state index in [4.69, 9.17) is 4.74 Å². The predicted octanol–water partition coefficient (Wildman–Crippen LogP) is 2.83. The summed E-state index contributed by atoms with van der Waals surface area (Å²) in [7, 11) is 1.69. The highest BCUT2D eigenvalue weighted by atomic mass is 16.5. The van der Waals surface area contributed by atoms with Crippen LogP contribution < -0.4 is 9.64 Å². The molecule has 1 saturated heterocycles. The van der Waals surface area contributed by atoms with Gasteiger partial charge in [-0.2, -0.15) is 0 Å². The Morgan fingerprint density at radius 2 is 1.88 bits per heavy atom. The summed E-state index contributed by atoms with van der Waals surface area (Å²) in [5.41, 5.74) is 1.37. The van der Waals surface area contributed by atoms with Crippen molar-refractivity contribution in [2.45, 2.75) is 19.4 Å². The Morgan fingerprint density at radius 1 is 1.12 bits per heavy atom. The van der Waals surface area contributed by atoms with Gasteiger partial charge in [-0.25, -0.2) is 0 Å². The Morgan fingerprint density at radius 3 is 2.54 bits per heavy atom. The highest BCUT2D eigenvalue weighted by molar-refractivity contribution is 5.92. The Bertz CT molecular complexity index is 716. The van der Waals surface area contributed by atoms with E-state index in [1.165, 1.54) is 0 Å². The summed E-state index contributed by atoms with van der Waals surface area (Å²) in [5.74, 6) is 0.846. The van der Waals surface area contributed by atoms with E-state index in [0.29, 0.717) is 18.8 Å². The van der Waals surface area contributed by atoms with Crippen molar-refractivity contribution in [3.05, 3.63) is 54.4 Å². The number of anilines is 1. The van der Waals surface area contributed by atoms with Crippen LogP contribution in [0.25, 0.3) is 0 Å². The van der Waals surface area contributed by atoms with Crippen molar-refractivity contribution in [2.24, 2.45) is 0 Å². The van der Waals surface area contributed by atoms with Crippen molar-refractivity contribution in [1.29, 1.82) is 0 Å². The first-order valence-corrected chi connectivity index (χ1v) is 8.14. The first-order valence-electron chi connectivity index (χ1n) is 8.14. The molecule has 24 heavy (non-hydrogen) atoms. The summed E-state index contributed by atoms with van der Waals surface area (Å²) < 4.78 is 5.50. The number of amides is 1. The van der Waals surface area contributed by atoms with Crippen LogP contribution in [0, 0.1) is 0 Å². The van der Waals surface area contributed by atoms with Gasteiger partial charge in [-0.3, -0.25) is 9.78 Å². The number of hydrogen-bond donors (Lipinski definition) is 0. The molecule has 0 radical (unpaired) electrons. The van der Waals surface area contributed by atoms with Gasteiger partial charge in [-0.05, 0) is 38.1 Å². The van der Waals surface area contributed by atoms with E-state index >= 15 is 0 Å². The van der Waals surface area contributed by atoms with Crippen LogP contribution in [0.15, 0.2) is 48.7 Å². The summed E-state index contributed by atoms with van der Waals surface area (Å²) in [6.07, 6.45) is 1.66. The van der Waals surface area contributed by atoms with Gasteiger partial charge < -0.3 is 14.5 Å². The average Bonchev–Trinajstić information content (AvgIpc) is 2.61. The van der Waals surface area contributed by atoms with Gasteiger partial charge >= 0.3 is 0 Å². The Labute approximate surface area is 142 Å². The zero-order valence-electron chi connectivity index (χ0n) is 14.4. The largest absolute Gasteiger partial charge is 0.495 e. The van der Waals surface area contributed by atoms with Crippen molar-refractivity contribution in [3.8, 4) is 5.75 Å². The normalized spacial score (nSPS) is 16.8. The summed E-state index contributed by atoms with van der Waals surface area (Å²) in [4.78, 5) is 21.1. The van der Waals surface area contributed by atoms with Crippen molar-refractivity contribution < 1.29 is 9.53 Å². The molecule has 5 nitrogen and oxygen atoms in total. The second kappa shape index (κ2) is 6.51. The lowest BCUT2D eigenvalue weighted by Crippen LogP contribution is -2.60. The highest BCUT2D eigenvalue weighted by Gasteiger charge is 2.37. The molecule has 0 bridgehead atoms. The van der Waals surface area contributed by atoms with Gasteiger partial charge in [0.2, 0.25) is 0 Å². The third kappa shape index (κ3) is 3.07. The molecule has 2 heterocycles. The van der Waals surface area contributed by atoms with Gasteiger partial charge in [-0.15, -0.1) is 0 Å². The maximum Gasteiger partial charge on any atom is 0.272 e. The van der Waals surface area contributed by atoms with Gasteiger partial charge in [0.15, 0.2) is 0 Å². The Hall–Kier alpha value is -2.56. The van der Waals surface area contributed by atoms with Crippen molar-refractivity contribution in [3.63, 3.8) is 0 Å². The molecule has 5 heteroatoms. The van der Waals surface area contributed by atoms with Gasteiger partial charge in [0.05, 0.1) is 18.3 Å². The van der Waals surface area contributed by atoms with Crippen LogP contribution in [-0.2, 0) is 0 Å². The van der Waals surface area contributed by atoms with Crippen LogP contribution in [0.5, 0.6) is 5.75 Å². The van der Waals surface area contributed by atoms with E-state index in [1.54, 1.807) is 19.4 Å². The topological polar surface area (TPSA) is 45.7 Å². The zero-order chi connectivity index (χ0) is 17.2. The standard InChI is InChI=1S/C19H23N3O2/c1-19(2)14-21(18(23)15-8-6-7-11-20-15)12-13-22(19)16-9-4-5-10-17(16)24-3/h4-11H,12-14H2,1-3H3. The average molecular weight is 325 g/mol. The number of benzene rings is 1. The van der Waals surface area contributed by atoms with Crippen LogP contribution in [0.1, 0.15) is 24.3 Å². The van der Waals surface area contributed by atoms with Crippen molar-refractivity contribution in [2.75, 3.05) is 31.6 Å². The number of para-hydroxylation sites is 2. The Balaban J connectivity index is 1.81. The second-order valence-electron chi connectivity index (χ2n) is 6.58. The third-order valence-electron chi connectivity index (χ3n) is 4.45. The maximum atomic E-state index is 12.7. The lowest BCUT2D eigenvalue weighted by atomic mass is 9.97. The molecule has 2 aromatic rings. The molecule has 0 saturated carbocycles. The number of carbonyl (C=O) groups is 1. The van der Waals surface area contributed by atoms with E-state index < -0.39 is 0 Å². The highest BCUT2D eigenvalue weighted by Crippen LogP contribution is 2.35. The predicted molar refractivity (Wildman–Crippen MR) is 94.6 cm³/mol. The number of carbonyl (C=O) groups excluding carboxylic acids is 1. The molecule has 1 aliphatic heterocycles. The lowest BCUT2D eigenvalue weighted by Gasteiger charge is -2.48. The molecule has 1 amide bonds. The smallest absolute Gasteiger partial charge is 0.272 e. The number of aromatic nitrogens is 1. The number of nitrogens with zero attached hydrogens (tertiary/aromatic N) is 3. The molecule has 0 N–H and O–H groups in total. The SMILES string of the molecule is COc1ccccc1N1CCN(C(=O)c2ccccn2)CC1(C)C. The number of rotatable bonds is 3. The van der Waals surface area contributed by atoms with Gasteiger partial charge in [0, 0.05) is 25.8 Å². The van der Waals surface area contributed by atoms with Crippen molar-refractivity contribution >= 4 is 11.6 Å². The van der Waals surface area contributed by atoms with Gasteiger partial charge in [0.25, 0.3) is 5.91 Å². The number of methoxy groups -OCH3 is 1. The van der Waals surface area contributed by atoms with E-state index in [0.717, 1.165) is 18.0 Å². The monoisotopic (exact) mass is 325 g/mol. The minimum absolute atomic E-state index is 0.0108. The van der Waals surface area contributed by atoms with E-state index in [2.05, 4.69) is 29.8 Å². The van der Waals surface area contributed by atoms with E-state index in [9.17, 15) is 4.79 Å². The molecule has 1 aromatic heterocycles. The molecule has 0 aliphatic carbocycles. The summed E-state index contributed by atoms with van der Waals surface area (Å²) in [6.45, 7) is 6.36. The van der Waals surface area contributed by atoms with Crippen LogP contribution in [0.2, 0.25) is 0 Å². The molecular formula is C19H23N3O2. The number of ether oxygens (including phenoxy) is 1. The lowest BCUT2D eigenvalue weighted by molar-refractivity contribution is 0.0680. The fourth-order valence-electron chi connectivity index (χ4n) is 3.28. The first-order chi connectivity index (χ1) is 11.5. The molecular weight excluding hydrogens is 302 g/mol. The number of pyridine rings is 1. The summed E-state index contributed by atoms with van der Waals surface area (Å²) >= 11 is 0. The van der Waals surface area contributed by atoms with Crippen LogP contribution >= 0.6 is 0 Å². The maximum absolute atomic E-state index is 12.7. The number of piperazine rings is 1. The van der Waals surface area contributed by atoms with Crippen LogP contribution in [0.4, 0.5) is 5.69 Å². The molecule has 1 fully saturated rings. The van der Waals surface area contributed by atoms with Crippen LogP contribution in [0.3, 0.4) is 0 Å². The minimum Gasteiger partial charge on any atom is -0.495 e. The van der Waals surface area contributed by atoms with Gasteiger partial charge in [-0.1, -0.05) is 18.2 Å². The summed E-state index contributed by atoms with van der Waals surface area (Å²) in [6, 6.07) is 13.4. The van der Waals surface area contributed by atoms with E-state index in [1.807, 2.05) is 35.2 Å². The fourth-order valence-corrected chi connectivity index (χ4v) is 3.28. The number of hydrogen-bond acceptors (Lipinski definition) is 4. The quantitative estimate of drug-likeness (QED) is 0.870. The third-order valence-corrected chi connectivity index (χ3v) is 4.45. The molecule has 0 atom stereocenters. The molecule has 3 rings (SSSR count). The minimum atomic E-state index is -0.197. The molecule has 0 unspecified atom stereocenters. The fraction of sp³-hybridized carbons (Fsp3) is 0.368. The zero-order valence-corrected chi connectivity index (χ0v) is 14.4. The first kappa shape index (κ1) is 16.3. The van der Waals surface area contributed by atoms with E-state index in [-0.39, 0.29) is 11.4 Å². The molecule has 1 aliphatic rings.